The maximum atomic E-state index is 12.1. The molecular weight excluding hydrogens is 312 g/mol. The van der Waals surface area contributed by atoms with Gasteiger partial charge in [-0.2, -0.15) is 0 Å². The summed E-state index contributed by atoms with van der Waals surface area (Å²) in [5, 5.41) is 6.05. The zero-order valence-corrected chi connectivity index (χ0v) is 13.3. The van der Waals surface area contributed by atoms with E-state index in [4.69, 9.17) is 0 Å². The van der Waals surface area contributed by atoms with Crippen molar-refractivity contribution < 1.29 is 13.2 Å². The molecule has 5 nitrogen and oxygen atoms in total. The summed E-state index contributed by atoms with van der Waals surface area (Å²) in [6.45, 7) is 0. The maximum Gasteiger partial charge on any atom is 0.255 e. The number of amides is 1. The number of hydrogen-bond acceptors (Lipinski definition) is 4. The molecule has 1 amide bonds. The van der Waals surface area contributed by atoms with Crippen molar-refractivity contribution in [1.82, 2.24) is 0 Å². The summed E-state index contributed by atoms with van der Waals surface area (Å²) in [7, 11) is -2.89. The first kappa shape index (κ1) is 15.6. The number of nitrogens with one attached hydrogen (secondary N) is 2. The molecule has 1 aliphatic heterocycles. The molecule has 1 atom stereocenters. The zero-order valence-electron chi connectivity index (χ0n) is 12.5. The van der Waals surface area contributed by atoms with E-state index in [-0.39, 0.29) is 23.5 Å². The van der Waals surface area contributed by atoms with Gasteiger partial charge in [0.15, 0.2) is 9.84 Å². The quantitative estimate of drug-likeness (QED) is 0.903. The van der Waals surface area contributed by atoms with Crippen molar-refractivity contribution in [2.45, 2.75) is 12.5 Å². The first-order valence-electron chi connectivity index (χ1n) is 7.45. The minimum Gasteiger partial charge on any atom is -0.381 e. The first-order valence-corrected chi connectivity index (χ1v) is 9.27. The Kier molecular flexibility index (Phi) is 4.34. The fourth-order valence-electron chi connectivity index (χ4n) is 2.59. The Labute approximate surface area is 135 Å². The summed E-state index contributed by atoms with van der Waals surface area (Å²) in [5.74, 6) is 0.267. The average Bonchev–Trinajstić information content (AvgIpc) is 2.89. The van der Waals surface area contributed by atoms with Crippen LogP contribution in [0.4, 0.5) is 11.4 Å². The van der Waals surface area contributed by atoms with Crippen LogP contribution in [0.5, 0.6) is 0 Å². The molecule has 1 fully saturated rings. The van der Waals surface area contributed by atoms with Crippen LogP contribution in [0.1, 0.15) is 16.8 Å². The van der Waals surface area contributed by atoms with Gasteiger partial charge in [-0.15, -0.1) is 0 Å². The average molecular weight is 330 g/mol. The molecule has 0 bridgehead atoms. The molecule has 1 aliphatic rings. The van der Waals surface area contributed by atoms with E-state index in [1.54, 1.807) is 24.3 Å². The fourth-order valence-corrected chi connectivity index (χ4v) is 4.26. The molecule has 2 N–H and O–H groups in total. The Morgan fingerprint density at radius 2 is 1.61 bits per heavy atom. The van der Waals surface area contributed by atoms with Crippen molar-refractivity contribution >= 4 is 27.1 Å². The second-order valence-electron chi connectivity index (χ2n) is 5.64. The van der Waals surface area contributed by atoms with Gasteiger partial charge < -0.3 is 10.6 Å². The van der Waals surface area contributed by atoms with E-state index in [0.29, 0.717) is 17.7 Å². The van der Waals surface area contributed by atoms with Crippen molar-refractivity contribution in [1.29, 1.82) is 0 Å². The summed E-state index contributed by atoms with van der Waals surface area (Å²) in [4.78, 5) is 12.1. The molecule has 2 aromatic rings. The summed E-state index contributed by atoms with van der Waals surface area (Å²) >= 11 is 0. The van der Waals surface area contributed by atoms with Gasteiger partial charge >= 0.3 is 0 Å². The highest BCUT2D eigenvalue weighted by Crippen LogP contribution is 2.19. The van der Waals surface area contributed by atoms with Crippen molar-refractivity contribution in [3.05, 3.63) is 60.2 Å². The van der Waals surface area contributed by atoms with Gasteiger partial charge in [-0.25, -0.2) is 8.42 Å². The summed E-state index contributed by atoms with van der Waals surface area (Å²) in [6.07, 6.45) is 0.634. The van der Waals surface area contributed by atoms with Crippen molar-refractivity contribution in [2.75, 3.05) is 22.1 Å². The zero-order chi connectivity index (χ0) is 16.3. The second kappa shape index (κ2) is 6.42. The number of carbonyl (C=O) groups excluding carboxylic acids is 1. The third-order valence-electron chi connectivity index (χ3n) is 3.78. The van der Waals surface area contributed by atoms with Gasteiger partial charge in [0.25, 0.3) is 5.91 Å². The van der Waals surface area contributed by atoms with Crippen molar-refractivity contribution in [3.8, 4) is 0 Å². The molecule has 1 saturated heterocycles. The van der Waals surface area contributed by atoms with Crippen LogP contribution in [-0.4, -0.2) is 31.9 Å². The van der Waals surface area contributed by atoms with E-state index in [1.165, 1.54) is 0 Å². The van der Waals surface area contributed by atoms with Crippen LogP contribution in [0.25, 0.3) is 0 Å². The monoisotopic (exact) mass is 330 g/mol. The Morgan fingerprint density at radius 1 is 0.957 bits per heavy atom. The molecule has 1 heterocycles. The number of rotatable bonds is 4. The lowest BCUT2D eigenvalue weighted by molar-refractivity contribution is 0.102. The Morgan fingerprint density at radius 3 is 2.22 bits per heavy atom. The molecule has 0 saturated carbocycles. The van der Waals surface area contributed by atoms with Gasteiger partial charge in [0.05, 0.1) is 11.5 Å². The van der Waals surface area contributed by atoms with Crippen LogP contribution in [0.3, 0.4) is 0 Å². The summed E-state index contributed by atoms with van der Waals surface area (Å²) < 4.78 is 22.9. The minimum atomic E-state index is -2.89. The van der Waals surface area contributed by atoms with E-state index < -0.39 is 9.84 Å². The molecule has 0 radical (unpaired) electrons. The van der Waals surface area contributed by atoms with Gasteiger partial charge in [-0.05, 0) is 42.8 Å². The number of sulfone groups is 1. The lowest BCUT2D eigenvalue weighted by Gasteiger charge is -2.13. The molecular formula is C17H18N2O3S. The van der Waals surface area contributed by atoms with Crippen molar-refractivity contribution in [2.24, 2.45) is 0 Å². The topological polar surface area (TPSA) is 75.3 Å². The molecule has 2 aromatic carbocycles. The third-order valence-corrected chi connectivity index (χ3v) is 5.55. The van der Waals surface area contributed by atoms with Crippen LogP contribution >= 0.6 is 0 Å². The largest absolute Gasteiger partial charge is 0.381 e. The minimum absolute atomic E-state index is 0.0373. The molecule has 23 heavy (non-hydrogen) atoms. The number of anilines is 2. The van der Waals surface area contributed by atoms with Crippen LogP contribution in [0.15, 0.2) is 54.6 Å². The molecule has 0 aliphatic carbocycles. The predicted octanol–water partition coefficient (Wildman–Crippen LogP) is 2.54. The standard InChI is InChI=1S/C17H18N2O3S/c20-17(13-4-2-1-3-5-13)19-15-8-6-14(7-9-15)18-16-10-11-23(21,22)12-16/h1-9,16,18H,10-12H2,(H,19,20). The molecule has 0 spiro atoms. The van der Waals surface area contributed by atoms with E-state index >= 15 is 0 Å². The maximum absolute atomic E-state index is 12.1. The van der Waals surface area contributed by atoms with E-state index in [2.05, 4.69) is 10.6 Å². The molecule has 1 unspecified atom stereocenters. The normalized spacial score (nSPS) is 19.2. The van der Waals surface area contributed by atoms with E-state index in [0.717, 1.165) is 5.69 Å². The highest BCUT2D eigenvalue weighted by Gasteiger charge is 2.27. The predicted molar refractivity (Wildman–Crippen MR) is 91.5 cm³/mol. The van der Waals surface area contributed by atoms with Gasteiger partial charge in [0.2, 0.25) is 0 Å². The molecule has 0 aromatic heterocycles. The first-order chi connectivity index (χ1) is 11.0. The van der Waals surface area contributed by atoms with Gasteiger partial charge in [-0.1, -0.05) is 18.2 Å². The lowest BCUT2D eigenvalue weighted by atomic mass is 10.2. The van der Waals surface area contributed by atoms with Crippen LogP contribution < -0.4 is 10.6 Å². The highest BCUT2D eigenvalue weighted by molar-refractivity contribution is 7.91. The molecule has 3 rings (SSSR count). The van der Waals surface area contributed by atoms with Gasteiger partial charge in [-0.3, -0.25) is 4.79 Å². The third kappa shape index (κ3) is 4.10. The Balaban J connectivity index is 1.60. The van der Waals surface area contributed by atoms with Crippen LogP contribution in [0.2, 0.25) is 0 Å². The van der Waals surface area contributed by atoms with Crippen LogP contribution in [-0.2, 0) is 9.84 Å². The SMILES string of the molecule is O=C(Nc1ccc(NC2CCS(=O)(=O)C2)cc1)c1ccccc1. The Bertz CT molecular complexity index is 786. The fraction of sp³-hybridized carbons (Fsp3) is 0.235. The smallest absolute Gasteiger partial charge is 0.255 e. The van der Waals surface area contributed by atoms with Crippen LogP contribution in [0, 0.1) is 0 Å². The number of carbonyl (C=O) groups is 1. The van der Waals surface area contributed by atoms with E-state index in [1.807, 2.05) is 30.3 Å². The summed E-state index contributed by atoms with van der Waals surface area (Å²) in [6, 6.07) is 16.2. The van der Waals surface area contributed by atoms with Crippen molar-refractivity contribution in [3.63, 3.8) is 0 Å². The van der Waals surface area contributed by atoms with Gasteiger partial charge in [0, 0.05) is 23.0 Å². The van der Waals surface area contributed by atoms with Gasteiger partial charge in [0.1, 0.15) is 0 Å². The molecule has 120 valence electrons. The molecule has 6 heteroatoms. The Hall–Kier alpha value is -2.34. The lowest BCUT2D eigenvalue weighted by Crippen LogP contribution is -2.20. The van der Waals surface area contributed by atoms with E-state index in [9.17, 15) is 13.2 Å². The number of hydrogen-bond donors (Lipinski definition) is 2. The summed E-state index contributed by atoms with van der Waals surface area (Å²) in [5.41, 5.74) is 2.15. The second-order valence-corrected chi connectivity index (χ2v) is 7.87. The highest BCUT2D eigenvalue weighted by atomic mass is 32.2. The number of benzene rings is 2.